The van der Waals surface area contributed by atoms with Crippen LogP contribution < -0.4 is 10.7 Å². The van der Waals surface area contributed by atoms with E-state index in [1.165, 1.54) is 6.07 Å². The smallest absolute Gasteiger partial charge is 0.306 e. The summed E-state index contributed by atoms with van der Waals surface area (Å²) in [6.45, 7) is 0.408. The van der Waals surface area contributed by atoms with E-state index in [4.69, 9.17) is 4.74 Å². The number of benzene rings is 2. The molecule has 2 aliphatic rings. The Balaban J connectivity index is 1.20. The molecule has 0 bridgehead atoms. The first-order valence-corrected chi connectivity index (χ1v) is 16.0. The highest BCUT2D eigenvalue weighted by atomic mass is 16.5. The number of hydrazone groups is 1. The van der Waals surface area contributed by atoms with Crippen molar-refractivity contribution < 1.29 is 29.0 Å². The summed E-state index contributed by atoms with van der Waals surface area (Å²) < 4.78 is 5.79. The summed E-state index contributed by atoms with van der Waals surface area (Å²) in [6, 6.07) is 14.2. The lowest BCUT2D eigenvalue weighted by molar-refractivity contribution is -0.155. The molecule has 0 radical (unpaired) electrons. The predicted molar refractivity (Wildman–Crippen MR) is 172 cm³/mol. The number of anilines is 1. The molecule has 2 aromatic rings. The van der Waals surface area contributed by atoms with Gasteiger partial charge in [0, 0.05) is 32.2 Å². The molecule has 2 aromatic carbocycles. The average molecular weight is 617 g/mol. The molecule has 0 spiro atoms. The lowest BCUT2D eigenvalue weighted by Crippen LogP contribution is -2.45. The van der Waals surface area contributed by atoms with Crippen LogP contribution in [-0.2, 0) is 30.5 Å². The normalized spacial score (nSPS) is 19.7. The first kappa shape index (κ1) is 33.4. The molecule has 3 amide bonds. The van der Waals surface area contributed by atoms with E-state index in [1.54, 1.807) is 24.4 Å². The van der Waals surface area contributed by atoms with E-state index in [0.29, 0.717) is 63.6 Å². The summed E-state index contributed by atoms with van der Waals surface area (Å²) in [6.07, 6.45) is 13.4. The third-order valence-corrected chi connectivity index (χ3v) is 8.07. The highest BCUT2D eigenvalue weighted by molar-refractivity contribution is 5.92. The first-order chi connectivity index (χ1) is 21.9. The maximum absolute atomic E-state index is 13.3. The van der Waals surface area contributed by atoms with Crippen molar-refractivity contribution in [1.82, 2.24) is 10.3 Å². The Kier molecular flexibility index (Phi) is 13.2. The third-order valence-electron chi connectivity index (χ3n) is 8.07. The Hall–Kier alpha value is -4.47. The minimum atomic E-state index is -0.278. The van der Waals surface area contributed by atoms with Gasteiger partial charge in [0.05, 0.1) is 17.9 Å². The molecule has 45 heavy (non-hydrogen) atoms. The quantitative estimate of drug-likeness (QED) is 0.0694. The zero-order chi connectivity index (χ0) is 31.9. The van der Waals surface area contributed by atoms with Crippen molar-refractivity contribution in [2.24, 2.45) is 5.10 Å². The average Bonchev–Trinajstić information content (AvgIpc) is 3.47. The van der Waals surface area contributed by atoms with Crippen LogP contribution in [0.4, 0.5) is 5.69 Å². The topological polar surface area (TPSA) is 137 Å². The van der Waals surface area contributed by atoms with E-state index in [1.807, 2.05) is 41.3 Å². The molecule has 2 atom stereocenters. The Labute approximate surface area is 264 Å². The standard InChI is InChI=1S/C35H44N4O6/c40-30-17-10-9-15-28(30)37-32(41)19-5-1-2-6-20-33(42)38-36-24-26-13-11-14-27(23-26)25-39-29-16-12-18-31(29)45-35(44)22-8-4-3-7-21-34(39)43/h3-4,9-11,13-15,17,23-24,29,31,40H,1-2,5-8,12,16,18-22,25H2,(H,37,41)(H,38,42)/b4-3+,36-24+/t29-,31-/m0/s1. The summed E-state index contributed by atoms with van der Waals surface area (Å²) in [4.78, 5) is 51.8. The lowest BCUT2D eigenvalue weighted by atomic mass is 10.1. The molecule has 1 heterocycles. The van der Waals surface area contributed by atoms with Gasteiger partial charge in [0.25, 0.3) is 0 Å². The van der Waals surface area contributed by atoms with Crippen LogP contribution in [0.1, 0.15) is 94.6 Å². The number of amides is 3. The molecule has 0 unspecified atom stereocenters. The second-order valence-electron chi connectivity index (χ2n) is 11.6. The molecule has 1 aliphatic carbocycles. The van der Waals surface area contributed by atoms with Crippen molar-refractivity contribution in [3.05, 3.63) is 71.8 Å². The van der Waals surface area contributed by atoms with Gasteiger partial charge in [-0.15, -0.1) is 0 Å². The van der Waals surface area contributed by atoms with Crippen LogP contribution in [0.15, 0.2) is 65.8 Å². The number of hydrogen-bond donors (Lipinski definition) is 3. The number of phenolic OH excluding ortho intramolecular Hbond substituents is 1. The van der Waals surface area contributed by atoms with Gasteiger partial charge in [0.1, 0.15) is 11.9 Å². The summed E-state index contributed by atoms with van der Waals surface area (Å²) in [5.74, 6) is -0.451. The van der Waals surface area contributed by atoms with Gasteiger partial charge in [-0.3, -0.25) is 19.2 Å². The molecular formula is C35H44N4O6. The number of rotatable bonds is 12. The fourth-order valence-corrected chi connectivity index (χ4v) is 5.73. The lowest BCUT2D eigenvalue weighted by Gasteiger charge is -2.33. The van der Waals surface area contributed by atoms with Crippen molar-refractivity contribution in [2.75, 3.05) is 5.32 Å². The van der Waals surface area contributed by atoms with Gasteiger partial charge in [-0.1, -0.05) is 55.3 Å². The number of phenols is 1. The molecule has 10 nitrogen and oxygen atoms in total. The zero-order valence-corrected chi connectivity index (χ0v) is 25.8. The third kappa shape index (κ3) is 11.2. The highest BCUT2D eigenvalue weighted by Gasteiger charge is 2.37. The van der Waals surface area contributed by atoms with Crippen molar-refractivity contribution in [3.63, 3.8) is 0 Å². The number of hydrogen-bond acceptors (Lipinski definition) is 7. The Bertz CT molecular complexity index is 1370. The number of carbonyl (C=O) groups is 4. The number of carbonyl (C=O) groups excluding carboxylic acids is 4. The highest BCUT2D eigenvalue weighted by Crippen LogP contribution is 2.30. The van der Waals surface area contributed by atoms with Gasteiger partial charge >= 0.3 is 5.97 Å². The largest absolute Gasteiger partial charge is 0.506 e. The van der Waals surface area contributed by atoms with Gasteiger partial charge in [0.2, 0.25) is 17.7 Å². The number of aromatic hydroxyl groups is 1. The number of unbranched alkanes of at least 4 members (excludes halogenated alkanes) is 3. The maximum atomic E-state index is 13.3. The summed E-state index contributed by atoms with van der Waals surface area (Å²) >= 11 is 0. The zero-order valence-electron chi connectivity index (χ0n) is 25.8. The molecule has 1 saturated carbocycles. The fraction of sp³-hybridized carbons (Fsp3) is 0.457. The monoisotopic (exact) mass is 616 g/mol. The molecule has 10 heteroatoms. The SMILES string of the molecule is O=C(CCCCCCC(=O)Nc1ccccc1O)N/N=C/c1cccc(CN2C(=O)CC/C=C/CCC(=O)O[C@H]3CCC[C@@H]32)c1. The van der Waals surface area contributed by atoms with E-state index < -0.39 is 0 Å². The van der Waals surface area contributed by atoms with Gasteiger partial charge in [-0.2, -0.15) is 5.10 Å². The second-order valence-corrected chi connectivity index (χ2v) is 11.6. The minimum Gasteiger partial charge on any atom is -0.506 e. The van der Waals surface area contributed by atoms with Gasteiger partial charge in [0.15, 0.2) is 0 Å². The molecule has 1 aliphatic heterocycles. The van der Waals surface area contributed by atoms with Crippen LogP contribution in [0.25, 0.3) is 0 Å². The molecular weight excluding hydrogens is 572 g/mol. The van der Waals surface area contributed by atoms with E-state index in [-0.39, 0.29) is 41.6 Å². The molecule has 1 fully saturated rings. The number of para-hydroxylation sites is 2. The van der Waals surface area contributed by atoms with Crippen LogP contribution in [0.2, 0.25) is 0 Å². The van der Waals surface area contributed by atoms with Crippen LogP contribution in [0, 0.1) is 0 Å². The van der Waals surface area contributed by atoms with Gasteiger partial charge in [-0.05, 0) is 74.3 Å². The first-order valence-electron chi connectivity index (χ1n) is 16.0. The molecule has 3 N–H and O–H groups in total. The Morgan fingerprint density at radius 2 is 1.69 bits per heavy atom. The predicted octanol–water partition coefficient (Wildman–Crippen LogP) is 5.74. The van der Waals surface area contributed by atoms with E-state index in [9.17, 15) is 24.3 Å². The van der Waals surface area contributed by atoms with Crippen LogP contribution in [0.3, 0.4) is 0 Å². The minimum absolute atomic E-state index is 0.0402. The number of ether oxygens (including phenoxy) is 1. The van der Waals surface area contributed by atoms with Crippen molar-refractivity contribution >= 4 is 35.6 Å². The number of nitrogens with one attached hydrogen (secondary N) is 2. The van der Waals surface area contributed by atoms with Crippen LogP contribution in [-0.4, -0.2) is 52.1 Å². The van der Waals surface area contributed by atoms with Crippen LogP contribution in [0.5, 0.6) is 5.75 Å². The number of esters is 1. The summed E-state index contributed by atoms with van der Waals surface area (Å²) in [5.41, 5.74) is 4.72. The van der Waals surface area contributed by atoms with E-state index in [0.717, 1.165) is 43.2 Å². The van der Waals surface area contributed by atoms with E-state index >= 15 is 0 Å². The van der Waals surface area contributed by atoms with Gasteiger partial charge in [-0.25, -0.2) is 5.43 Å². The molecule has 0 saturated heterocycles. The van der Waals surface area contributed by atoms with Crippen molar-refractivity contribution in [3.8, 4) is 5.75 Å². The van der Waals surface area contributed by atoms with Crippen LogP contribution >= 0.6 is 0 Å². The number of allylic oxidation sites excluding steroid dienone is 2. The molecule has 0 aromatic heterocycles. The number of nitrogens with zero attached hydrogens (tertiary/aromatic N) is 2. The van der Waals surface area contributed by atoms with Crippen molar-refractivity contribution in [1.29, 1.82) is 0 Å². The number of fused-ring (bicyclic) bond motifs is 1. The maximum Gasteiger partial charge on any atom is 0.306 e. The summed E-state index contributed by atoms with van der Waals surface area (Å²) in [7, 11) is 0. The Morgan fingerprint density at radius 1 is 0.933 bits per heavy atom. The Morgan fingerprint density at radius 3 is 2.49 bits per heavy atom. The van der Waals surface area contributed by atoms with Gasteiger partial charge < -0.3 is 20.1 Å². The summed E-state index contributed by atoms with van der Waals surface area (Å²) in [5, 5.41) is 16.6. The van der Waals surface area contributed by atoms with E-state index in [2.05, 4.69) is 15.8 Å². The second kappa shape index (κ2) is 17.7. The molecule has 240 valence electrons. The van der Waals surface area contributed by atoms with Crippen molar-refractivity contribution in [2.45, 2.75) is 102 Å². The molecule has 4 rings (SSSR count). The fourth-order valence-electron chi connectivity index (χ4n) is 5.73.